The van der Waals surface area contributed by atoms with Gasteiger partial charge in [-0.3, -0.25) is 10.1 Å². The molecule has 1 spiro atoms. The molecule has 2 atom stereocenters. The topological polar surface area (TPSA) is 126 Å². The number of benzene rings is 1. The summed E-state index contributed by atoms with van der Waals surface area (Å²) in [6.45, 7) is 4.04. The standard InChI is InChI=1S/C22H30N4O5S/c1-16-19(32(29,30)25-12-4-8-21(2,14-23)15-25)6-5-18(20(16)26(27)28)24-13-17-7-11-22(31-17)9-3-10-22/h5-6,17,24H,3-4,7-13,15H2,1-2H3. The molecule has 0 radical (unpaired) electrons. The van der Waals surface area contributed by atoms with Crippen LogP contribution < -0.4 is 5.32 Å². The number of sulfonamides is 1. The molecule has 1 aliphatic carbocycles. The van der Waals surface area contributed by atoms with Crippen LogP contribution in [0.2, 0.25) is 0 Å². The number of nitrogens with zero attached hydrogens (tertiary/aromatic N) is 3. The zero-order valence-corrected chi connectivity index (χ0v) is 19.4. The number of hydrogen-bond acceptors (Lipinski definition) is 7. The van der Waals surface area contributed by atoms with E-state index in [1.54, 1.807) is 6.92 Å². The lowest BCUT2D eigenvalue weighted by molar-refractivity contribution is -0.384. The summed E-state index contributed by atoms with van der Waals surface area (Å²) in [4.78, 5) is 11.3. The molecular formula is C22H30N4O5S. The van der Waals surface area contributed by atoms with Crippen LogP contribution in [0, 0.1) is 33.8 Å². The number of nitro groups is 1. The molecule has 4 rings (SSSR count). The van der Waals surface area contributed by atoms with Crippen molar-refractivity contribution < 1.29 is 18.1 Å². The van der Waals surface area contributed by atoms with E-state index in [-0.39, 0.29) is 34.4 Å². The molecule has 2 aliphatic heterocycles. The van der Waals surface area contributed by atoms with E-state index in [9.17, 15) is 23.8 Å². The van der Waals surface area contributed by atoms with Crippen molar-refractivity contribution in [2.75, 3.05) is 25.0 Å². The number of hydrogen-bond donors (Lipinski definition) is 1. The van der Waals surface area contributed by atoms with Gasteiger partial charge in [-0.05, 0) is 70.9 Å². The van der Waals surface area contributed by atoms with E-state index in [1.165, 1.54) is 29.8 Å². The normalized spacial score (nSPS) is 27.6. The summed E-state index contributed by atoms with van der Waals surface area (Å²) in [5.74, 6) is 0. The first kappa shape index (κ1) is 23.0. The molecule has 1 N–H and O–H groups in total. The predicted molar refractivity (Wildman–Crippen MR) is 119 cm³/mol. The molecule has 2 unspecified atom stereocenters. The first-order chi connectivity index (χ1) is 15.1. The van der Waals surface area contributed by atoms with Gasteiger partial charge in [-0.2, -0.15) is 9.57 Å². The Labute approximate surface area is 188 Å². The Morgan fingerprint density at radius 3 is 2.66 bits per heavy atom. The van der Waals surface area contributed by atoms with Crippen LogP contribution in [0.3, 0.4) is 0 Å². The molecule has 1 aromatic rings. The number of nitrogens with one attached hydrogen (secondary N) is 1. The maximum atomic E-state index is 13.3. The van der Waals surface area contributed by atoms with Gasteiger partial charge in [0, 0.05) is 25.2 Å². The Morgan fingerprint density at radius 1 is 1.31 bits per heavy atom. The van der Waals surface area contributed by atoms with Crippen LogP contribution in [-0.4, -0.2) is 49.0 Å². The molecule has 3 aliphatic rings. The van der Waals surface area contributed by atoms with E-state index in [1.807, 2.05) is 0 Å². The van der Waals surface area contributed by atoms with Gasteiger partial charge < -0.3 is 10.1 Å². The van der Waals surface area contributed by atoms with Gasteiger partial charge in [0.15, 0.2) is 0 Å². The van der Waals surface area contributed by atoms with Gasteiger partial charge in [0.1, 0.15) is 5.69 Å². The third-order valence-electron chi connectivity index (χ3n) is 7.24. The van der Waals surface area contributed by atoms with E-state index in [2.05, 4.69) is 11.4 Å². The number of nitro benzene ring substituents is 1. The van der Waals surface area contributed by atoms with Gasteiger partial charge in [-0.15, -0.1) is 0 Å². The van der Waals surface area contributed by atoms with Gasteiger partial charge in [0.25, 0.3) is 5.69 Å². The van der Waals surface area contributed by atoms with Crippen molar-refractivity contribution in [3.05, 3.63) is 27.8 Å². The minimum atomic E-state index is -3.96. The molecule has 3 fully saturated rings. The Bertz CT molecular complexity index is 1060. The Balaban J connectivity index is 1.56. The van der Waals surface area contributed by atoms with E-state index in [0.717, 1.165) is 25.7 Å². The summed E-state index contributed by atoms with van der Waals surface area (Å²) in [6, 6.07) is 5.11. The van der Waals surface area contributed by atoms with Crippen LogP contribution in [-0.2, 0) is 14.8 Å². The number of piperidine rings is 1. The Kier molecular flexibility index (Phi) is 5.94. The fourth-order valence-corrected chi connectivity index (χ4v) is 7.00. The van der Waals surface area contributed by atoms with Crippen molar-refractivity contribution in [1.29, 1.82) is 5.26 Å². The van der Waals surface area contributed by atoms with Crippen LogP contribution in [0.4, 0.5) is 11.4 Å². The monoisotopic (exact) mass is 462 g/mol. The lowest BCUT2D eigenvalue weighted by Gasteiger charge is -2.38. The first-order valence-corrected chi connectivity index (χ1v) is 12.6. The fourth-order valence-electron chi connectivity index (χ4n) is 5.17. The highest BCUT2D eigenvalue weighted by Crippen LogP contribution is 2.45. The zero-order chi connectivity index (χ0) is 23.1. The van der Waals surface area contributed by atoms with E-state index < -0.39 is 20.4 Å². The highest BCUT2D eigenvalue weighted by molar-refractivity contribution is 7.89. The Hall–Kier alpha value is -2.22. The average molecular weight is 463 g/mol. The summed E-state index contributed by atoms with van der Waals surface area (Å²) < 4.78 is 34.1. The second-order valence-electron chi connectivity index (χ2n) is 9.65. The molecule has 1 aromatic carbocycles. The first-order valence-electron chi connectivity index (χ1n) is 11.2. The molecule has 2 saturated heterocycles. The molecule has 174 valence electrons. The summed E-state index contributed by atoms with van der Waals surface area (Å²) in [5, 5.41) is 24.4. The molecule has 2 heterocycles. The number of rotatable bonds is 6. The maximum Gasteiger partial charge on any atom is 0.296 e. The molecule has 10 heteroatoms. The fraction of sp³-hybridized carbons (Fsp3) is 0.682. The molecule has 0 bridgehead atoms. The van der Waals surface area contributed by atoms with Crippen LogP contribution in [0.1, 0.15) is 57.4 Å². The van der Waals surface area contributed by atoms with Gasteiger partial charge in [-0.1, -0.05) is 0 Å². The van der Waals surface area contributed by atoms with Crippen molar-refractivity contribution in [3.8, 4) is 6.07 Å². The van der Waals surface area contributed by atoms with Gasteiger partial charge in [0.2, 0.25) is 10.0 Å². The average Bonchev–Trinajstić information content (AvgIpc) is 3.17. The number of anilines is 1. The van der Waals surface area contributed by atoms with Gasteiger partial charge in [-0.25, -0.2) is 8.42 Å². The molecule has 0 amide bonds. The van der Waals surface area contributed by atoms with Crippen molar-refractivity contribution in [2.45, 2.75) is 75.4 Å². The predicted octanol–water partition coefficient (Wildman–Crippen LogP) is 3.73. The third-order valence-corrected chi connectivity index (χ3v) is 9.23. The van der Waals surface area contributed by atoms with Gasteiger partial charge >= 0.3 is 0 Å². The molecule has 32 heavy (non-hydrogen) atoms. The Morgan fingerprint density at radius 2 is 2.06 bits per heavy atom. The number of ether oxygens (including phenoxy) is 1. The van der Waals surface area contributed by atoms with Crippen molar-refractivity contribution in [2.24, 2.45) is 5.41 Å². The van der Waals surface area contributed by atoms with E-state index in [4.69, 9.17) is 4.74 Å². The lowest BCUT2D eigenvalue weighted by Crippen LogP contribution is -2.44. The molecule has 1 saturated carbocycles. The minimum Gasteiger partial charge on any atom is -0.377 e. The van der Waals surface area contributed by atoms with Crippen LogP contribution in [0.5, 0.6) is 0 Å². The number of nitriles is 1. The van der Waals surface area contributed by atoms with E-state index >= 15 is 0 Å². The second kappa shape index (κ2) is 8.28. The quantitative estimate of drug-likeness (QED) is 0.504. The second-order valence-corrected chi connectivity index (χ2v) is 11.6. The molecular weight excluding hydrogens is 432 g/mol. The largest absolute Gasteiger partial charge is 0.377 e. The van der Waals surface area contributed by atoms with E-state index in [0.29, 0.717) is 31.6 Å². The zero-order valence-electron chi connectivity index (χ0n) is 18.6. The summed E-state index contributed by atoms with van der Waals surface area (Å²) in [7, 11) is -3.96. The van der Waals surface area contributed by atoms with Crippen LogP contribution >= 0.6 is 0 Å². The minimum absolute atomic E-state index is 0.00405. The van der Waals surface area contributed by atoms with Crippen LogP contribution in [0.25, 0.3) is 0 Å². The highest BCUT2D eigenvalue weighted by atomic mass is 32.2. The summed E-state index contributed by atoms with van der Waals surface area (Å²) in [6.07, 6.45) is 6.48. The summed E-state index contributed by atoms with van der Waals surface area (Å²) in [5.41, 5.74) is -0.579. The SMILES string of the molecule is Cc1c(S(=O)(=O)N2CCCC(C)(C#N)C2)ccc(NCC2CCC3(CCC3)O2)c1[N+](=O)[O-]. The van der Waals surface area contributed by atoms with Crippen LogP contribution in [0.15, 0.2) is 17.0 Å². The highest BCUT2D eigenvalue weighted by Gasteiger charge is 2.45. The van der Waals surface area contributed by atoms with Crippen molar-refractivity contribution >= 4 is 21.4 Å². The van der Waals surface area contributed by atoms with Crippen molar-refractivity contribution in [3.63, 3.8) is 0 Å². The summed E-state index contributed by atoms with van der Waals surface area (Å²) >= 11 is 0. The van der Waals surface area contributed by atoms with Crippen molar-refractivity contribution in [1.82, 2.24) is 4.31 Å². The molecule has 9 nitrogen and oxygen atoms in total. The smallest absolute Gasteiger partial charge is 0.296 e. The third kappa shape index (κ3) is 4.09. The maximum absolute atomic E-state index is 13.3. The van der Waals surface area contributed by atoms with Gasteiger partial charge in [0.05, 0.1) is 33.0 Å². The lowest BCUT2D eigenvalue weighted by atomic mass is 9.78. The molecule has 0 aromatic heterocycles.